The molecule has 1 fully saturated rings. The molecule has 0 heterocycles. The highest BCUT2D eigenvalue weighted by Gasteiger charge is 2.29. The second-order valence-electron chi connectivity index (χ2n) is 5.69. The number of hydrogen-bond donors (Lipinski definition) is 0. The molecule has 1 rings (SSSR count). The van der Waals surface area contributed by atoms with Crippen LogP contribution in [0.2, 0.25) is 0 Å². The Hall–Kier alpha value is 0.0749. The lowest BCUT2D eigenvalue weighted by atomic mass is 9.98. The molecule has 0 aromatic rings. The molecule has 1 atom stereocenters. The summed E-state index contributed by atoms with van der Waals surface area (Å²) in [4.78, 5) is 14.2. The van der Waals surface area contributed by atoms with Crippen molar-refractivity contribution in [2.45, 2.75) is 71.3 Å². The van der Waals surface area contributed by atoms with Crippen molar-refractivity contribution in [2.75, 3.05) is 13.1 Å². The van der Waals surface area contributed by atoms with Crippen molar-refractivity contribution in [1.29, 1.82) is 0 Å². The molecule has 0 aromatic carbocycles. The molecule has 0 spiro atoms. The fraction of sp³-hybridized carbons (Fsp3) is 0.933. The van der Waals surface area contributed by atoms with E-state index in [0.29, 0.717) is 0 Å². The molecule has 3 nitrogen and oxygen atoms in total. The van der Waals surface area contributed by atoms with E-state index < -0.39 is 0 Å². The predicted molar refractivity (Wildman–Crippen MR) is 93.5 cm³/mol. The first-order chi connectivity index (χ1) is 9.22. The lowest BCUT2D eigenvalue weighted by Gasteiger charge is -2.24. The van der Waals surface area contributed by atoms with Gasteiger partial charge in [0.1, 0.15) is 0 Å². The van der Waals surface area contributed by atoms with E-state index in [0.717, 1.165) is 38.3 Å². The average Bonchev–Trinajstić information content (AvgIpc) is 3.25. The predicted octanol–water partition coefficient (Wildman–Crippen LogP) is 3.92. The Balaban J connectivity index is 0. The average molecular weight is 338 g/mol. The number of nitrogens with zero attached hydrogens (tertiary/aromatic N) is 1. The minimum Gasteiger partial charge on any atom is -0.543 e. The van der Waals surface area contributed by atoms with E-state index in [1.807, 2.05) is 0 Å². The summed E-state index contributed by atoms with van der Waals surface area (Å²) in [6.45, 7) is 6.54. The molecule has 1 unspecified atom stereocenters. The molecular formula is C15H30BCl2NO2. The topological polar surface area (TPSA) is 29.5 Å². The second kappa shape index (κ2) is 13.7. The molecule has 0 aliphatic heterocycles. The first-order valence-corrected chi connectivity index (χ1v) is 7.87. The SMILES string of the molecule is Cl.Cl.[B]OC(=O)C(CCCC)CCN(CCCC)C1CC1. The summed E-state index contributed by atoms with van der Waals surface area (Å²) in [6, 6.07) is 0.771. The molecule has 1 aliphatic carbocycles. The Morgan fingerprint density at radius 2 is 1.76 bits per heavy atom. The van der Waals surface area contributed by atoms with Crippen LogP contribution in [0.4, 0.5) is 0 Å². The van der Waals surface area contributed by atoms with E-state index in [2.05, 4.69) is 23.4 Å². The van der Waals surface area contributed by atoms with Crippen LogP contribution in [0.5, 0.6) is 0 Å². The Morgan fingerprint density at radius 3 is 2.24 bits per heavy atom. The number of carbonyl (C=O) groups excluding carboxylic acids is 1. The third-order valence-electron chi connectivity index (χ3n) is 3.98. The van der Waals surface area contributed by atoms with Crippen LogP contribution in [0.1, 0.15) is 65.2 Å². The molecule has 1 saturated carbocycles. The van der Waals surface area contributed by atoms with Crippen molar-refractivity contribution >= 4 is 38.8 Å². The van der Waals surface area contributed by atoms with Gasteiger partial charge in [0.05, 0.1) is 5.92 Å². The summed E-state index contributed by atoms with van der Waals surface area (Å²) in [5.74, 6) is -0.257. The normalized spacial score (nSPS) is 15.0. The first-order valence-electron chi connectivity index (χ1n) is 7.87. The largest absolute Gasteiger partial charge is 0.543 e. The monoisotopic (exact) mass is 337 g/mol. The van der Waals surface area contributed by atoms with E-state index >= 15 is 0 Å². The minimum absolute atomic E-state index is 0. The molecule has 1 aliphatic rings. The third kappa shape index (κ3) is 9.65. The van der Waals surface area contributed by atoms with Gasteiger partial charge >= 0.3 is 8.05 Å². The zero-order valence-corrected chi connectivity index (χ0v) is 15.0. The highest BCUT2D eigenvalue weighted by Crippen LogP contribution is 2.28. The van der Waals surface area contributed by atoms with Gasteiger partial charge in [0.15, 0.2) is 0 Å². The van der Waals surface area contributed by atoms with E-state index in [1.54, 1.807) is 0 Å². The summed E-state index contributed by atoms with van der Waals surface area (Å²) < 4.78 is 4.44. The first kappa shape index (κ1) is 23.3. The molecule has 2 radical (unpaired) electrons. The van der Waals surface area contributed by atoms with E-state index in [4.69, 9.17) is 8.05 Å². The molecule has 124 valence electrons. The lowest BCUT2D eigenvalue weighted by molar-refractivity contribution is -0.139. The van der Waals surface area contributed by atoms with Gasteiger partial charge in [-0.3, -0.25) is 4.79 Å². The fourth-order valence-corrected chi connectivity index (χ4v) is 2.53. The fourth-order valence-electron chi connectivity index (χ4n) is 2.53. The summed E-state index contributed by atoms with van der Waals surface area (Å²) >= 11 is 0. The Labute approximate surface area is 143 Å². The van der Waals surface area contributed by atoms with Crippen LogP contribution >= 0.6 is 24.8 Å². The summed E-state index contributed by atoms with van der Waals surface area (Å²) in [5.41, 5.74) is 0. The zero-order valence-electron chi connectivity index (χ0n) is 13.4. The van der Waals surface area contributed by atoms with Crippen LogP contribution in [0, 0.1) is 5.92 Å². The Kier molecular flexibility index (Phi) is 15.2. The van der Waals surface area contributed by atoms with Gasteiger partial charge in [0, 0.05) is 6.04 Å². The molecule has 0 amide bonds. The molecule has 0 bridgehead atoms. The van der Waals surface area contributed by atoms with Crippen LogP contribution in [-0.2, 0) is 9.45 Å². The smallest absolute Gasteiger partial charge is 0.378 e. The standard InChI is InChI=1S/C15H28BNO2.2ClH/c1-3-5-7-13(15(18)19-16)10-12-17(11-6-4-2)14-8-9-14;;/h13-14H,3-12H2,1-2H3;2*1H. The van der Waals surface area contributed by atoms with Crippen molar-refractivity contribution < 1.29 is 9.45 Å². The third-order valence-corrected chi connectivity index (χ3v) is 3.98. The maximum absolute atomic E-state index is 11.7. The summed E-state index contributed by atoms with van der Waals surface area (Å²) in [5, 5.41) is 0. The van der Waals surface area contributed by atoms with E-state index in [9.17, 15) is 4.79 Å². The number of rotatable bonds is 11. The maximum Gasteiger partial charge on any atom is 0.378 e. The summed E-state index contributed by atoms with van der Waals surface area (Å²) in [6.07, 6.45) is 9.09. The quantitative estimate of drug-likeness (QED) is 0.535. The molecular weight excluding hydrogens is 308 g/mol. The van der Waals surface area contributed by atoms with E-state index in [1.165, 1.54) is 32.2 Å². The van der Waals surface area contributed by atoms with Gasteiger partial charge in [0.25, 0.3) is 5.97 Å². The van der Waals surface area contributed by atoms with Crippen molar-refractivity contribution in [2.24, 2.45) is 5.92 Å². The second-order valence-corrected chi connectivity index (χ2v) is 5.69. The Morgan fingerprint density at radius 1 is 1.14 bits per heavy atom. The Bertz CT molecular complexity index is 266. The molecule has 0 N–H and O–H groups in total. The number of carbonyl (C=O) groups is 1. The van der Waals surface area contributed by atoms with Gasteiger partial charge in [0.2, 0.25) is 0 Å². The van der Waals surface area contributed by atoms with Gasteiger partial charge in [-0.1, -0.05) is 33.1 Å². The molecule has 0 saturated heterocycles. The molecule has 21 heavy (non-hydrogen) atoms. The van der Waals surface area contributed by atoms with Gasteiger partial charge in [-0.05, 0) is 45.2 Å². The van der Waals surface area contributed by atoms with Crippen LogP contribution in [-0.4, -0.2) is 38.0 Å². The number of hydrogen-bond acceptors (Lipinski definition) is 3. The highest BCUT2D eigenvalue weighted by molar-refractivity contribution is 6.05. The van der Waals surface area contributed by atoms with Crippen LogP contribution < -0.4 is 0 Å². The number of halogens is 2. The summed E-state index contributed by atoms with van der Waals surface area (Å²) in [7, 11) is 5.04. The van der Waals surface area contributed by atoms with Crippen LogP contribution in [0.3, 0.4) is 0 Å². The molecule has 6 heteroatoms. The van der Waals surface area contributed by atoms with Gasteiger partial charge < -0.3 is 9.55 Å². The van der Waals surface area contributed by atoms with Crippen LogP contribution in [0.15, 0.2) is 0 Å². The highest BCUT2D eigenvalue weighted by atomic mass is 35.5. The van der Waals surface area contributed by atoms with Crippen molar-refractivity contribution in [1.82, 2.24) is 4.90 Å². The van der Waals surface area contributed by atoms with Crippen molar-refractivity contribution in [3.8, 4) is 0 Å². The number of unbranched alkanes of at least 4 members (excludes halogenated alkanes) is 2. The van der Waals surface area contributed by atoms with Crippen LogP contribution in [0.25, 0.3) is 0 Å². The van der Waals surface area contributed by atoms with Gasteiger partial charge in [-0.15, -0.1) is 24.8 Å². The van der Waals surface area contributed by atoms with Crippen molar-refractivity contribution in [3.05, 3.63) is 0 Å². The van der Waals surface area contributed by atoms with Gasteiger partial charge in [-0.25, -0.2) is 0 Å². The van der Waals surface area contributed by atoms with Gasteiger partial charge in [-0.2, -0.15) is 0 Å². The zero-order chi connectivity index (χ0) is 14.1. The molecule has 0 aromatic heterocycles. The van der Waals surface area contributed by atoms with Crippen molar-refractivity contribution in [3.63, 3.8) is 0 Å². The maximum atomic E-state index is 11.7. The van der Waals surface area contributed by atoms with E-state index in [-0.39, 0.29) is 36.7 Å². The lowest BCUT2D eigenvalue weighted by Crippen LogP contribution is -2.31. The minimum atomic E-state index is -0.236.